The molecule has 8 heteroatoms. The van der Waals surface area contributed by atoms with Gasteiger partial charge in [0, 0.05) is 21.8 Å². The molecule has 3 rings (SSSR count). The lowest BCUT2D eigenvalue weighted by Crippen LogP contribution is -2.25. The average molecular weight is 406 g/mol. The Morgan fingerprint density at radius 1 is 1.32 bits per heavy atom. The van der Waals surface area contributed by atoms with Crippen LogP contribution in [0.25, 0.3) is 0 Å². The summed E-state index contributed by atoms with van der Waals surface area (Å²) in [6.07, 6.45) is 1.54. The molecule has 0 atom stereocenters. The van der Waals surface area contributed by atoms with Gasteiger partial charge in [0.15, 0.2) is 11.5 Å². The summed E-state index contributed by atoms with van der Waals surface area (Å²) in [7, 11) is 1.59. The fourth-order valence-electron chi connectivity index (χ4n) is 2.16. The minimum atomic E-state index is -0.268. The van der Waals surface area contributed by atoms with E-state index in [0.29, 0.717) is 11.5 Å². The first-order valence-corrected chi connectivity index (χ1v) is 8.24. The number of anilines is 1. The number of ether oxygens (including phenoxy) is 3. The third kappa shape index (κ3) is 4.42. The van der Waals surface area contributed by atoms with Gasteiger partial charge in [0.1, 0.15) is 5.75 Å². The highest BCUT2D eigenvalue weighted by atomic mass is 79.9. The van der Waals surface area contributed by atoms with Gasteiger partial charge in [-0.1, -0.05) is 6.07 Å². The highest BCUT2D eigenvalue weighted by Gasteiger charge is 2.15. The summed E-state index contributed by atoms with van der Waals surface area (Å²) < 4.78 is 16.5. The Hall–Kier alpha value is -2.74. The second-order valence-electron chi connectivity index (χ2n) is 5.11. The zero-order chi connectivity index (χ0) is 17.6. The summed E-state index contributed by atoms with van der Waals surface area (Å²) in [5.74, 6) is 1.78. The number of hydrogen-bond acceptors (Lipinski definition) is 6. The lowest BCUT2D eigenvalue weighted by molar-refractivity contribution is -0.119. The number of halogens is 1. The van der Waals surface area contributed by atoms with E-state index < -0.39 is 0 Å². The first kappa shape index (κ1) is 17.1. The molecular weight excluding hydrogens is 390 g/mol. The molecule has 2 aromatic rings. The number of nitrogens with zero attached hydrogens (tertiary/aromatic N) is 1. The molecule has 0 radical (unpaired) electrons. The first-order chi connectivity index (χ1) is 12.2. The van der Waals surface area contributed by atoms with Crippen LogP contribution in [0.5, 0.6) is 17.2 Å². The normalized spacial score (nSPS) is 12.2. The van der Waals surface area contributed by atoms with E-state index in [-0.39, 0.29) is 19.2 Å². The van der Waals surface area contributed by atoms with E-state index in [1.165, 1.54) is 6.21 Å². The topological polar surface area (TPSA) is 81.2 Å². The molecule has 0 saturated heterocycles. The number of amides is 1. The zero-order valence-electron chi connectivity index (χ0n) is 13.4. The smallest absolute Gasteiger partial charge is 0.259 e. The summed E-state index contributed by atoms with van der Waals surface area (Å²) in [5, 5.41) is 6.96. The molecule has 7 nitrogen and oxygen atoms in total. The fourth-order valence-corrected chi connectivity index (χ4v) is 2.59. The van der Waals surface area contributed by atoms with Gasteiger partial charge in [0.05, 0.1) is 19.9 Å². The summed E-state index contributed by atoms with van der Waals surface area (Å²) in [4.78, 5) is 11.9. The van der Waals surface area contributed by atoms with Gasteiger partial charge in [-0.05, 0) is 40.2 Å². The van der Waals surface area contributed by atoms with Crippen LogP contribution in [0.4, 0.5) is 5.69 Å². The molecule has 25 heavy (non-hydrogen) atoms. The van der Waals surface area contributed by atoms with Crippen molar-refractivity contribution in [3.63, 3.8) is 0 Å². The molecule has 1 aliphatic heterocycles. The maximum atomic E-state index is 11.9. The van der Waals surface area contributed by atoms with Crippen molar-refractivity contribution in [2.24, 2.45) is 5.10 Å². The number of carbonyl (C=O) groups is 1. The lowest BCUT2D eigenvalue weighted by atomic mass is 10.2. The molecule has 1 aliphatic rings. The van der Waals surface area contributed by atoms with Crippen LogP contribution in [0.3, 0.4) is 0 Å². The number of hydrazone groups is 1. The molecule has 130 valence electrons. The molecule has 1 amide bonds. The molecule has 2 N–H and O–H groups in total. The number of methoxy groups -OCH3 is 1. The molecule has 0 aromatic heterocycles. The van der Waals surface area contributed by atoms with Gasteiger partial charge in [-0.25, -0.2) is 5.43 Å². The predicted octanol–water partition coefficient (Wildman–Crippen LogP) is 2.75. The molecule has 0 saturated carbocycles. The van der Waals surface area contributed by atoms with Crippen LogP contribution in [0.2, 0.25) is 0 Å². The first-order valence-electron chi connectivity index (χ1n) is 7.44. The molecule has 1 heterocycles. The van der Waals surface area contributed by atoms with Gasteiger partial charge in [-0.3, -0.25) is 4.79 Å². The number of hydrogen-bond donors (Lipinski definition) is 2. The standard InChI is InChI=1S/C17H16BrN3O4/c1-23-13-4-2-3-12(6-13)19-9-17(22)21-20-8-11-5-15-16(7-14(11)18)25-10-24-15/h2-8,19H,9-10H2,1H3,(H,21,22)/b20-8-. The Labute approximate surface area is 153 Å². The summed E-state index contributed by atoms with van der Waals surface area (Å²) >= 11 is 3.43. The lowest BCUT2D eigenvalue weighted by Gasteiger charge is -2.07. The van der Waals surface area contributed by atoms with Crippen LogP contribution in [0.1, 0.15) is 5.56 Å². The van der Waals surface area contributed by atoms with Crippen LogP contribution in [0.15, 0.2) is 46.0 Å². The van der Waals surface area contributed by atoms with Crippen LogP contribution in [-0.4, -0.2) is 32.6 Å². The molecule has 2 aromatic carbocycles. The van der Waals surface area contributed by atoms with Crippen molar-refractivity contribution in [1.29, 1.82) is 0 Å². The second kappa shape index (κ2) is 7.89. The van der Waals surface area contributed by atoms with E-state index in [2.05, 4.69) is 31.8 Å². The summed E-state index contributed by atoms with van der Waals surface area (Å²) in [5.41, 5.74) is 4.03. The molecular formula is C17H16BrN3O4. The Kier molecular flexibility index (Phi) is 5.39. The number of fused-ring (bicyclic) bond motifs is 1. The van der Waals surface area contributed by atoms with Gasteiger partial charge >= 0.3 is 0 Å². The molecule has 0 fully saturated rings. The molecule has 0 bridgehead atoms. The average Bonchev–Trinajstić information content (AvgIpc) is 3.07. The minimum absolute atomic E-state index is 0.0901. The van der Waals surface area contributed by atoms with Gasteiger partial charge in [0.25, 0.3) is 5.91 Å². The summed E-state index contributed by atoms with van der Waals surface area (Å²) in [6, 6.07) is 10.9. The maximum absolute atomic E-state index is 11.9. The van der Waals surface area contributed by atoms with Gasteiger partial charge in [-0.2, -0.15) is 5.10 Å². The van der Waals surface area contributed by atoms with E-state index in [9.17, 15) is 4.79 Å². The van der Waals surface area contributed by atoms with Crippen molar-refractivity contribution < 1.29 is 19.0 Å². The van der Waals surface area contributed by atoms with Gasteiger partial charge < -0.3 is 19.5 Å². The Balaban J connectivity index is 1.53. The van der Waals surface area contributed by atoms with E-state index >= 15 is 0 Å². The van der Waals surface area contributed by atoms with Crippen molar-refractivity contribution in [3.05, 3.63) is 46.4 Å². The Bertz CT molecular complexity index is 810. The van der Waals surface area contributed by atoms with Crippen LogP contribution < -0.4 is 25.0 Å². The van der Waals surface area contributed by atoms with E-state index in [4.69, 9.17) is 14.2 Å². The van der Waals surface area contributed by atoms with Crippen LogP contribution in [0, 0.1) is 0 Å². The van der Waals surface area contributed by atoms with Crippen LogP contribution in [-0.2, 0) is 4.79 Å². The minimum Gasteiger partial charge on any atom is -0.497 e. The molecule has 0 spiro atoms. The predicted molar refractivity (Wildman–Crippen MR) is 97.5 cm³/mol. The Morgan fingerprint density at radius 2 is 2.12 bits per heavy atom. The van der Waals surface area contributed by atoms with Crippen molar-refractivity contribution in [1.82, 2.24) is 5.43 Å². The number of rotatable bonds is 6. The van der Waals surface area contributed by atoms with Crippen molar-refractivity contribution in [2.45, 2.75) is 0 Å². The SMILES string of the molecule is COc1cccc(NCC(=O)N/N=C\c2cc3c(cc2Br)OCO3)c1. The second-order valence-corrected chi connectivity index (χ2v) is 5.96. The number of benzene rings is 2. The van der Waals surface area contributed by atoms with Gasteiger partial charge in [-0.15, -0.1) is 0 Å². The largest absolute Gasteiger partial charge is 0.497 e. The van der Waals surface area contributed by atoms with Crippen molar-refractivity contribution in [2.75, 3.05) is 25.8 Å². The number of carbonyl (C=O) groups excluding carboxylic acids is 1. The monoisotopic (exact) mass is 405 g/mol. The molecule has 0 unspecified atom stereocenters. The fraction of sp³-hybridized carbons (Fsp3) is 0.176. The van der Waals surface area contributed by atoms with E-state index in [1.807, 2.05) is 18.2 Å². The zero-order valence-corrected chi connectivity index (χ0v) is 15.0. The Morgan fingerprint density at radius 3 is 2.92 bits per heavy atom. The van der Waals surface area contributed by atoms with E-state index in [1.54, 1.807) is 25.3 Å². The van der Waals surface area contributed by atoms with Crippen molar-refractivity contribution in [3.8, 4) is 17.2 Å². The van der Waals surface area contributed by atoms with E-state index in [0.717, 1.165) is 21.5 Å². The molecule has 0 aliphatic carbocycles. The van der Waals surface area contributed by atoms with Crippen LogP contribution >= 0.6 is 15.9 Å². The quantitative estimate of drug-likeness (QED) is 0.570. The highest BCUT2D eigenvalue weighted by molar-refractivity contribution is 9.10. The maximum Gasteiger partial charge on any atom is 0.259 e. The third-order valence-corrected chi connectivity index (χ3v) is 4.09. The number of nitrogens with one attached hydrogen (secondary N) is 2. The van der Waals surface area contributed by atoms with Crippen molar-refractivity contribution >= 4 is 33.7 Å². The summed E-state index contributed by atoms with van der Waals surface area (Å²) in [6.45, 7) is 0.294. The highest BCUT2D eigenvalue weighted by Crippen LogP contribution is 2.36. The third-order valence-electron chi connectivity index (χ3n) is 3.41. The van der Waals surface area contributed by atoms with Gasteiger partial charge in [0.2, 0.25) is 6.79 Å².